The Bertz CT molecular complexity index is 1880. The number of carbonyl (C=O) groups excluding carboxylic acids is 1. The van der Waals surface area contributed by atoms with Crippen LogP contribution >= 0.6 is 11.3 Å². The minimum absolute atomic E-state index is 0.00614. The van der Waals surface area contributed by atoms with Crippen LogP contribution in [-0.2, 0) is 32.4 Å². The number of aromatic nitrogens is 3. The molecular formula is C34H33N7O2S. The molecule has 0 saturated carbocycles. The summed E-state index contributed by atoms with van der Waals surface area (Å²) in [5.41, 5.74) is 10.1. The number of hydrogen-bond donors (Lipinski definition) is 3. The summed E-state index contributed by atoms with van der Waals surface area (Å²) in [4.78, 5) is 33.4. The van der Waals surface area contributed by atoms with Gasteiger partial charge in [0.15, 0.2) is 10.8 Å². The van der Waals surface area contributed by atoms with Gasteiger partial charge in [-0.2, -0.15) is 0 Å². The lowest BCUT2D eigenvalue weighted by Gasteiger charge is -2.21. The van der Waals surface area contributed by atoms with Crippen molar-refractivity contribution in [2.75, 3.05) is 42.6 Å². The number of anilines is 3. The molecule has 6 heterocycles. The van der Waals surface area contributed by atoms with E-state index in [9.17, 15) is 4.79 Å². The van der Waals surface area contributed by atoms with Crippen LogP contribution in [0.2, 0.25) is 0 Å². The molecule has 0 atom stereocenters. The van der Waals surface area contributed by atoms with Crippen LogP contribution < -0.4 is 20.4 Å². The van der Waals surface area contributed by atoms with Gasteiger partial charge in [0.25, 0.3) is 5.91 Å². The van der Waals surface area contributed by atoms with Crippen LogP contribution in [0.5, 0.6) is 0 Å². The summed E-state index contributed by atoms with van der Waals surface area (Å²) in [6, 6.07) is 17.0. The Morgan fingerprint density at radius 3 is 2.66 bits per heavy atom. The predicted molar refractivity (Wildman–Crippen MR) is 174 cm³/mol. The SMILES string of the molecule is O=C(c1nc2c(s1)CNCC2)N1CCc2c(-c3cccc4c3CCN4c3nccc4cc(CNCCO)cnc34)cccc21. The van der Waals surface area contributed by atoms with Crippen molar-refractivity contribution in [2.45, 2.75) is 32.4 Å². The number of nitrogens with zero attached hydrogens (tertiary/aromatic N) is 5. The van der Waals surface area contributed by atoms with Gasteiger partial charge in [0.05, 0.1) is 12.3 Å². The topological polar surface area (TPSA) is 107 Å². The molecule has 222 valence electrons. The third kappa shape index (κ3) is 4.66. The lowest BCUT2D eigenvalue weighted by atomic mass is 9.93. The van der Waals surface area contributed by atoms with Crippen LogP contribution in [0, 0.1) is 0 Å². The Hall–Kier alpha value is -4.22. The summed E-state index contributed by atoms with van der Waals surface area (Å²) in [5.74, 6) is 0.872. The molecule has 0 radical (unpaired) electrons. The summed E-state index contributed by atoms with van der Waals surface area (Å²) in [5, 5.41) is 17.3. The van der Waals surface area contributed by atoms with E-state index in [4.69, 9.17) is 20.1 Å². The van der Waals surface area contributed by atoms with E-state index in [0.717, 1.165) is 78.2 Å². The van der Waals surface area contributed by atoms with Gasteiger partial charge in [-0.3, -0.25) is 9.78 Å². The van der Waals surface area contributed by atoms with Crippen molar-refractivity contribution < 1.29 is 9.90 Å². The minimum atomic E-state index is 0.00614. The van der Waals surface area contributed by atoms with Gasteiger partial charge < -0.3 is 25.5 Å². The number of rotatable bonds is 7. The van der Waals surface area contributed by atoms with Crippen LogP contribution in [0.3, 0.4) is 0 Å². The Morgan fingerprint density at radius 1 is 1.00 bits per heavy atom. The van der Waals surface area contributed by atoms with Gasteiger partial charge in [-0.25, -0.2) is 9.97 Å². The predicted octanol–water partition coefficient (Wildman–Crippen LogP) is 4.38. The highest BCUT2D eigenvalue weighted by Crippen LogP contribution is 2.44. The van der Waals surface area contributed by atoms with Crippen molar-refractivity contribution in [3.63, 3.8) is 0 Å². The normalized spacial score (nSPS) is 15.5. The number of thiazole rings is 1. The number of fused-ring (bicyclic) bond motifs is 4. The highest BCUT2D eigenvalue weighted by atomic mass is 32.1. The quantitative estimate of drug-likeness (QED) is 0.236. The third-order valence-corrected chi connectivity index (χ3v) is 9.97. The molecule has 9 nitrogen and oxygen atoms in total. The third-order valence-electron chi connectivity index (χ3n) is 8.89. The van der Waals surface area contributed by atoms with E-state index >= 15 is 0 Å². The van der Waals surface area contributed by atoms with Gasteiger partial charge in [-0.05, 0) is 64.9 Å². The maximum Gasteiger partial charge on any atom is 0.287 e. The lowest BCUT2D eigenvalue weighted by Crippen LogP contribution is -2.28. The van der Waals surface area contributed by atoms with Crippen LogP contribution in [0.4, 0.5) is 17.2 Å². The largest absolute Gasteiger partial charge is 0.395 e. The molecule has 0 saturated heterocycles. The molecule has 3 aromatic heterocycles. The fourth-order valence-electron chi connectivity index (χ4n) is 6.83. The average molecular weight is 604 g/mol. The zero-order valence-electron chi connectivity index (χ0n) is 24.3. The fourth-order valence-corrected chi connectivity index (χ4v) is 7.86. The first-order chi connectivity index (χ1) is 21.7. The highest BCUT2D eigenvalue weighted by Gasteiger charge is 2.32. The van der Waals surface area contributed by atoms with E-state index in [2.05, 4.69) is 58.0 Å². The maximum atomic E-state index is 13.7. The Morgan fingerprint density at radius 2 is 1.82 bits per heavy atom. The smallest absolute Gasteiger partial charge is 0.287 e. The first kappa shape index (κ1) is 27.3. The van der Waals surface area contributed by atoms with Crippen molar-refractivity contribution >= 4 is 45.3 Å². The monoisotopic (exact) mass is 603 g/mol. The average Bonchev–Trinajstić information content (AvgIpc) is 3.81. The fraction of sp³-hybridized carbons (Fsp3) is 0.294. The minimum Gasteiger partial charge on any atom is -0.395 e. The lowest BCUT2D eigenvalue weighted by molar-refractivity contribution is 0.0989. The van der Waals surface area contributed by atoms with Crippen molar-refractivity contribution in [2.24, 2.45) is 0 Å². The van der Waals surface area contributed by atoms with Crippen molar-refractivity contribution in [3.8, 4) is 11.1 Å². The summed E-state index contributed by atoms with van der Waals surface area (Å²) in [6.45, 7) is 4.52. The molecule has 0 fully saturated rings. The zero-order chi connectivity index (χ0) is 29.6. The molecule has 5 aromatic rings. The molecule has 0 spiro atoms. The highest BCUT2D eigenvalue weighted by molar-refractivity contribution is 7.13. The van der Waals surface area contributed by atoms with E-state index in [0.29, 0.717) is 24.6 Å². The molecule has 44 heavy (non-hydrogen) atoms. The summed E-state index contributed by atoms with van der Waals surface area (Å²) < 4.78 is 0. The van der Waals surface area contributed by atoms with Gasteiger partial charge in [0.2, 0.25) is 0 Å². The molecule has 0 unspecified atom stereocenters. The molecule has 1 amide bonds. The molecule has 2 aromatic carbocycles. The number of aliphatic hydroxyl groups is 1. The Kier molecular flexibility index (Phi) is 7.06. The van der Waals surface area contributed by atoms with E-state index in [-0.39, 0.29) is 12.5 Å². The molecule has 3 N–H and O–H groups in total. The second-order valence-electron chi connectivity index (χ2n) is 11.5. The van der Waals surface area contributed by atoms with E-state index in [1.165, 1.54) is 38.5 Å². The van der Waals surface area contributed by atoms with Gasteiger partial charge >= 0.3 is 0 Å². The molecular weight excluding hydrogens is 570 g/mol. The number of aliphatic hydroxyl groups excluding tert-OH is 1. The van der Waals surface area contributed by atoms with Crippen molar-refractivity contribution in [1.82, 2.24) is 25.6 Å². The van der Waals surface area contributed by atoms with Crippen LogP contribution in [0.1, 0.15) is 37.1 Å². The second-order valence-corrected chi connectivity index (χ2v) is 12.6. The molecule has 3 aliphatic heterocycles. The molecule has 10 heteroatoms. The second kappa shape index (κ2) is 11.4. The van der Waals surface area contributed by atoms with E-state index in [1.54, 1.807) is 0 Å². The standard InChI is InChI=1S/C34H33N7O2S/c42-16-13-36-18-21-17-22-7-12-37-32(31(22)38-19-21)40-14-9-25-23(3-1-5-28(25)40)24-4-2-6-29-26(24)10-15-41(29)34(43)33-39-27-8-11-35-20-30(27)44-33/h1-7,12,17,19,35-36,42H,8-11,13-16,18,20H2. The molecule has 8 rings (SSSR count). The first-order valence-corrected chi connectivity index (χ1v) is 16.1. The Labute approximate surface area is 259 Å². The van der Waals surface area contributed by atoms with E-state index in [1.807, 2.05) is 23.4 Å². The van der Waals surface area contributed by atoms with Gasteiger partial charge in [-0.15, -0.1) is 11.3 Å². The molecule has 0 bridgehead atoms. The number of amides is 1. The van der Waals surface area contributed by atoms with Crippen LogP contribution in [-0.4, -0.2) is 58.8 Å². The molecule has 0 aliphatic carbocycles. The van der Waals surface area contributed by atoms with Gasteiger partial charge in [0.1, 0.15) is 5.52 Å². The van der Waals surface area contributed by atoms with Crippen molar-refractivity contribution in [3.05, 3.63) is 93.2 Å². The molecule has 3 aliphatic rings. The Balaban J connectivity index is 1.11. The van der Waals surface area contributed by atoms with Gasteiger partial charge in [-0.1, -0.05) is 24.3 Å². The van der Waals surface area contributed by atoms with Crippen molar-refractivity contribution in [1.29, 1.82) is 0 Å². The summed E-state index contributed by atoms with van der Waals surface area (Å²) in [7, 11) is 0. The van der Waals surface area contributed by atoms with Crippen LogP contribution in [0.15, 0.2) is 60.9 Å². The zero-order valence-corrected chi connectivity index (χ0v) is 25.2. The number of benzene rings is 2. The number of hydrogen-bond acceptors (Lipinski definition) is 9. The first-order valence-electron chi connectivity index (χ1n) is 15.3. The summed E-state index contributed by atoms with van der Waals surface area (Å²) in [6.07, 6.45) is 6.35. The maximum absolute atomic E-state index is 13.7. The van der Waals surface area contributed by atoms with E-state index < -0.39 is 0 Å². The number of carbonyl (C=O) groups is 1. The number of nitrogens with one attached hydrogen (secondary N) is 2. The number of pyridine rings is 2. The van der Waals surface area contributed by atoms with Gasteiger partial charge in [0, 0.05) is 79.7 Å². The summed E-state index contributed by atoms with van der Waals surface area (Å²) >= 11 is 1.53. The van der Waals surface area contributed by atoms with Crippen LogP contribution in [0.25, 0.3) is 22.0 Å².